The molecule has 0 aliphatic rings. The fourth-order valence-corrected chi connectivity index (χ4v) is 1.66. The van der Waals surface area contributed by atoms with Crippen LogP contribution in [0.3, 0.4) is 0 Å². The number of hydrogen-bond acceptors (Lipinski definition) is 3. The van der Waals surface area contributed by atoms with Crippen LogP contribution in [0.4, 0.5) is 0 Å². The summed E-state index contributed by atoms with van der Waals surface area (Å²) in [4.78, 5) is 11.9. The molecule has 0 unspecified atom stereocenters. The molecule has 1 aromatic heterocycles. The van der Waals surface area contributed by atoms with E-state index in [0.29, 0.717) is 17.9 Å². The molecule has 1 heterocycles. The van der Waals surface area contributed by atoms with Gasteiger partial charge in [-0.15, -0.1) is 0 Å². The Balaban J connectivity index is 1.91. The number of carbonyl (C=O) groups is 1. The summed E-state index contributed by atoms with van der Waals surface area (Å²) in [6.07, 6.45) is 2.41. The first-order valence-corrected chi connectivity index (χ1v) is 5.70. The summed E-state index contributed by atoms with van der Waals surface area (Å²) in [6.45, 7) is 0.555. The molecule has 1 amide bonds. The zero-order valence-electron chi connectivity index (χ0n) is 10.1. The zero-order chi connectivity index (χ0) is 12.8. The number of aromatic amines is 1. The van der Waals surface area contributed by atoms with Gasteiger partial charge in [0.2, 0.25) is 0 Å². The van der Waals surface area contributed by atoms with E-state index in [2.05, 4.69) is 15.5 Å². The molecule has 0 aliphatic carbocycles. The van der Waals surface area contributed by atoms with Crippen molar-refractivity contribution in [2.45, 2.75) is 6.42 Å². The van der Waals surface area contributed by atoms with Crippen LogP contribution in [-0.2, 0) is 6.42 Å². The maximum Gasteiger partial charge on any atom is 0.255 e. The number of methoxy groups -OCH3 is 1. The first kappa shape index (κ1) is 12.2. The molecule has 0 atom stereocenters. The van der Waals surface area contributed by atoms with Crippen LogP contribution in [0.5, 0.6) is 5.75 Å². The maximum atomic E-state index is 11.9. The molecule has 2 aromatic rings. The molecule has 0 fully saturated rings. The van der Waals surface area contributed by atoms with Gasteiger partial charge in [-0.3, -0.25) is 9.89 Å². The lowest BCUT2D eigenvalue weighted by atomic mass is 10.2. The number of amides is 1. The second-order valence-corrected chi connectivity index (χ2v) is 3.79. The maximum absolute atomic E-state index is 11.9. The molecule has 5 heteroatoms. The number of benzene rings is 1. The van der Waals surface area contributed by atoms with Crippen LogP contribution >= 0.6 is 0 Å². The SMILES string of the molecule is COc1ccccc1C(=O)NCCc1ccn[nH]1. The van der Waals surface area contributed by atoms with Gasteiger partial charge in [-0.25, -0.2) is 0 Å². The summed E-state index contributed by atoms with van der Waals surface area (Å²) in [5.74, 6) is 0.448. The van der Waals surface area contributed by atoms with Gasteiger partial charge in [-0.1, -0.05) is 12.1 Å². The fourth-order valence-electron chi connectivity index (χ4n) is 1.66. The van der Waals surface area contributed by atoms with Gasteiger partial charge >= 0.3 is 0 Å². The molecule has 1 aromatic carbocycles. The number of ether oxygens (including phenoxy) is 1. The Hall–Kier alpha value is -2.30. The minimum absolute atomic E-state index is 0.132. The highest BCUT2D eigenvalue weighted by molar-refractivity contribution is 5.96. The van der Waals surface area contributed by atoms with Crippen LogP contribution in [0.15, 0.2) is 36.5 Å². The minimum atomic E-state index is -0.132. The second kappa shape index (κ2) is 5.86. The lowest BCUT2D eigenvalue weighted by molar-refractivity contribution is 0.0951. The Morgan fingerprint density at radius 2 is 2.22 bits per heavy atom. The quantitative estimate of drug-likeness (QED) is 0.836. The Morgan fingerprint density at radius 3 is 2.94 bits per heavy atom. The Bertz CT molecular complexity index is 509. The summed E-state index contributed by atoms with van der Waals surface area (Å²) in [6, 6.07) is 9.04. The summed E-state index contributed by atoms with van der Waals surface area (Å²) in [5.41, 5.74) is 1.54. The molecule has 0 aliphatic heterocycles. The van der Waals surface area contributed by atoms with E-state index in [9.17, 15) is 4.79 Å². The molecular formula is C13H15N3O2. The van der Waals surface area contributed by atoms with Crippen molar-refractivity contribution in [2.75, 3.05) is 13.7 Å². The smallest absolute Gasteiger partial charge is 0.255 e. The van der Waals surface area contributed by atoms with Crippen molar-refractivity contribution in [3.63, 3.8) is 0 Å². The number of hydrogen-bond donors (Lipinski definition) is 2. The van der Waals surface area contributed by atoms with Crippen LogP contribution in [0.2, 0.25) is 0 Å². The van der Waals surface area contributed by atoms with Crippen LogP contribution in [0.25, 0.3) is 0 Å². The van der Waals surface area contributed by atoms with Crippen molar-refractivity contribution in [1.82, 2.24) is 15.5 Å². The third kappa shape index (κ3) is 2.88. The molecule has 18 heavy (non-hydrogen) atoms. The molecule has 0 spiro atoms. The van der Waals surface area contributed by atoms with Gasteiger partial charge in [0, 0.05) is 24.9 Å². The Kier molecular flexibility index (Phi) is 3.96. The number of aromatic nitrogens is 2. The van der Waals surface area contributed by atoms with E-state index in [1.807, 2.05) is 18.2 Å². The monoisotopic (exact) mass is 245 g/mol. The van der Waals surface area contributed by atoms with Gasteiger partial charge in [0.25, 0.3) is 5.91 Å². The summed E-state index contributed by atoms with van der Waals surface area (Å²) in [7, 11) is 1.55. The molecule has 0 bridgehead atoms. The van der Waals surface area contributed by atoms with E-state index >= 15 is 0 Å². The molecule has 0 saturated carbocycles. The molecule has 0 radical (unpaired) electrons. The van der Waals surface area contributed by atoms with E-state index in [4.69, 9.17) is 4.74 Å². The van der Waals surface area contributed by atoms with Crippen molar-refractivity contribution in [3.05, 3.63) is 47.8 Å². The topological polar surface area (TPSA) is 67.0 Å². The van der Waals surface area contributed by atoms with Gasteiger partial charge in [0.05, 0.1) is 12.7 Å². The van der Waals surface area contributed by atoms with Gasteiger partial charge < -0.3 is 10.1 Å². The highest BCUT2D eigenvalue weighted by Crippen LogP contribution is 2.16. The van der Waals surface area contributed by atoms with Gasteiger partial charge in [0.1, 0.15) is 5.75 Å². The molecule has 0 saturated heterocycles. The van der Waals surface area contributed by atoms with E-state index < -0.39 is 0 Å². The number of carbonyl (C=O) groups excluding carboxylic acids is 1. The largest absolute Gasteiger partial charge is 0.496 e. The first-order valence-electron chi connectivity index (χ1n) is 5.70. The van der Waals surface area contributed by atoms with E-state index in [0.717, 1.165) is 12.1 Å². The third-order valence-corrected chi connectivity index (χ3v) is 2.59. The van der Waals surface area contributed by atoms with Crippen molar-refractivity contribution >= 4 is 5.91 Å². The van der Waals surface area contributed by atoms with Crippen molar-refractivity contribution in [2.24, 2.45) is 0 Å². The van der Waals surface area contributed by atoms with Gasteiger partial charge in [-0.2, -0.15) is 5.10 Å². The molecule has 5 nitrogen and oxygen atoms in total. The third-order valence-electron chi connectivity index (χ3n) is 2.59. The van der Waals surface area contributed by atoms with Gasteiger partial charge in [0.15, 0.2) is 0 Å². The molecule has 94 valence electrons. The number of rotatable bonds is 5. The zero-order valence-corrected chi connectivity index (χ0v) is 10.1. The predicted octanol–water partition coefficient (Wildman–Crippen LogP) is 1.39. The van der Waals surface area contributed by atoms with E-state index in [1.54, 1.807) is 25.4 Å². The van der Waals surface area contributed by atoms with Crippen molar-refractivity contribution in [1.29, 1.82) is 0 Å². The Morgan fingerprint density at radius 1 is 1.39 bits per heavy atom. The Labute approximate surface area is 105 Å². The molecular weight excluding hydrogens is 230 g/mol. The summed E-state index contributed by atoms with van der Waals surface area (Å²) >= 11 is 0. The van der Waals surface area contributed by atoms with Crippen LogP contribution in [-0.4, -0.2) is 29.8 Å². The predicted molar refractivity (Wildman–Crippen MR) is 67.6 cm³/mol. The van der Waals surface area contributed by atoms with Gasteiger partial charge in [-0.05, 0) is 18.2 Å². The van der Waals surface area contributed by atoms with Crippen LogP contribution < -0.4 is 10.1 Å². The number of nitrogens with zero attached hydrogens (tertiary/aromatic N) is 1. The first-order chi connectivity index (χ1) is 8.81. The number of nitrogens with one attached hydrogen (secondary N) is 2. The normalized spacial score (nSPS) is 10.1. The van der Waals surface area contributed by atoms with Crippen molar-refractivity contribution in [3.8, 4) is 5.75 Å². The lowest BCUT2D eigenvalue weighted by Gasteiger charge is -2.08. The van der Waals surface area contributed by atoms with E-state index in [-0.39, 0.29) is 5.91 Å². The summed E-state index contributed by atoms with van der Waals surface area (Å²) in [5, 5.41) is 9.54. The fraction of sp³-hybridized carbons (Fsp3) is 0.231. The average molecular weight is 245 g/mol. The highest BCUT2D eigenvalue weighted by atomic mass is 16.5. The highest BCUT2D eigenvalue weighted by Gasteiger charge is 2.10. The molecule has 2 N–H and O–H groups in total. The lowest BCUT2D eigenvalue weighted by Crippen LogP contribution is -2.26. The average Bonchev–Trinajstić information content (AvgIpc) is 2.91. The van der Waals surface area contributed by atoms with Crippen molar-refractivity contribution < 1.29 is 9.53 Å². The van der Waals surface area contributed by atoms with E-state index in [1.165, 1.54) is 0 Å². The second-order valence-electron chi connectivity index (χ2n) is 3.79. The number of para-hydroxylation sites is 1. The van der Waals surface area contributed by atoms with Crippen LogP contribution in [0, 0.1) is 0 Å². The standard InChI is InChI=1S/C13H15N3O2/c1-18-12-5-3-2-4-11(12)13(17)14-8-6-10-7-9-15-16-10/h2-5,7,9H,6,8H2,1H3,(H,14,17)(H,15,16). The number of H-pyrrole nitrogens is 1. The van der Waals surface area contributed by atoms with Crippen LogP contribution in [0.1, 0.15) is 16.1 Å². The summed E-state index contributed by atoms with van der Waals surface area (Å²) < 4.78 is 5.14. The molecule has 2 rings (SSSR count). The minimum Gasteiger partial charge on any atom is -0.496 e.